The predicted octanol–water partition coefficient (Wildman–Crippen LogP) is 2.52. The number of piperazine rings is 1. The second-order valence-corrected chi connectivity index (χ2v) is 7.04. The number of fused-ring (bicyclic) bond motifs is 2. The Morgan fingerprint density at radius 3 is 1.95 bits per heavy atom. The van der Waals surface area contributed by atoms with Crippen LogP contribution in [0.15, 0.2) is 0 Å². The van der Waals surface area contributed by atoms with Crippen LogP contribution in [-0.2, 0) is 0 Å². The van der Waals surface area contributed by atoms with Crippen molar-refractivity contribution in [3.05, 3.63) is 0 Å². The molecule has 3 saturated heterocycles. The molecule has 3 nitrogen and oxygen atoms in total. The molecule has 3 aliphatic rings. The van der Waals surface area contributed by atoms with E-state index in [2.05, 4.69) is 42.5 Å². The molecule has 0 aliphatic carbocycles. The summed E-state index contributed by atoms with van der Waals surface area (Å²) in [6.45, 7) is 14.5. The Morgan fingerprint density at radius 2 is 1.45 bits per heavy atom. The van der Waals surface area contributed by atoms with E-state index >= 15 is 0 Å². The van der Waals surface area contributed by atoms with Gasteiger partial charge in [-0.25, -0.2) is 0 Å². The molecule has 0 saturated carbocycles. The average molecular weight is 281 g/mol. The van der Waals surface area contributed by atoms with Gasteiger partial charge in [-0.05, 0) is 51.9 Å². The molecule has 0 aromatic carbocycles. The van der Waals surface area contributed by atoms with E-state index in [1.807, 2.05) is 0 Å². The zero-order valence-electron chi connectivity index (χ0n) is 14.1. The number of rotatable bonds is 3. The lowest BCUT2D eigenvalue weighted by Gasteiger charge is -2.37. The standard InChI is InChI=1S/C14H27N3.C3H8/c1-3-16-10-14-8-13(16)11-17(14)9-12-4-6-15(2)7-5-12;1-3-2/h12-14H,3-11H2,1-2H3;3H2,1-2H3. The van der Waals surface area contributed by atoms with E-state index in [4.69, 9.17) is 0 Å². The molecule has 2 unspecified atom stereocenters. The maximum atomic E-state index is 2.80. The van der Waals surface area contributed by atoms with Gasteiger partial charge in [0.15, 0.2) is 0 Å². The predicted molar refractivity (Wildman–Crippen MR) is 87.2 cm³/mol. The van der Waals surface area contributed by atoms with Gasteiger partial charge in [0.25, 0.3) is 0 Å². The van der Waals surface area contributed by atoms with Gasteiger partial charge in [0.05, 0.1) is 0 Å². The third-order valence-electron chi connectivity index (χ3n) is 5.20. The summed E-state index contributed by atoms with van der Waals surface area (Å²) in [7, 11) is 2.26. The van der Waals surface area contributed by atoms with Gasteiger partial charge in [-0.1, -0.05) is 27.2 Å². The summed E-state index contributed by atoms with van der Waals surface area (Å²) in [6, 6.07) is 1.77. The van der Waals surface area contributed by atoms with Crippen molar-refractivity contribution in [2.24, 2.45) is 5.92 Å². The van der Waals surface area contributed by atoms with E-state index in [-0.39, 0.29) is 0 Å². The molecule has 2 atom stereocenters. The molecule has 3 heterocycles. The zero-order valence-corrected chi connectivity index (χ0v) is 14.1. The molecular formula is C17H35N3. The van der Waals surface area contributed by atoms with Gasteiger partial charge in [-0.15, -0.1) is 0 Å². The van der Waals surface area contributed by atoms with Crippen molar-refractivity contribution in [2.45, 2.75) is 58.5 Å². The normalized spacial score (nSPS) is 32.4. The first-order valence-electron chi connectivity index (χ1n) is 8.84. The van der Waals surface area contributed by atoms with Crippen LogP contribution in [0.25, 0.3) is 0 Å². The summed E-state index contributed by atoms with van der Waals surface area (Å²) in [5.74, 6) is 0.973. The quantitative estimate of drug-likeness (QED) is 0.787. The van der Waals surface area contributed by atoms with Crippen molar-refractivity contribution in [1.29, 1.82) is 0 Å². The summed E-state index contributed by atoms with van der Waals surface area (Å²) in [4.78, 5) is 7.95. The number of likely N-dealkylation sites (tertiary alicyclic amines) is 3. The highest BCUT2D eigenvalue weighted by Crippen LogP contribution is 2.32. The highest BCUT2D eigenvalue weighted by atomic mass is 15.3. The smallest absolute Gasteiger partial charge is 0.0239 e. The second kappa shape index (κ2) is 7.77. The fourth-order valence-electron chi connectivity index (χ4n) is 4.02. The topological polar surface area (TPSA) is 9.72 Å². The summed E-state index contributed by atoms with van der Waals surface area (Å²) in [6.07, 6.45) is 5.53. The van der Waals surface area contributed by atoms with Gasteiger partial charge in [-0.2, -0.15) is 0 Å². The van der Waals surface area contributed by atoms with Crippen LogP contribution in [0.2, 0.25) is 0 Å². The van der Waals surface area contributed by atoms with Gasteiger partial charge in [0.2, 0.25) is 0 Å². The monoisotopic (exact) mass is 281 g/mol. The summed E-state index contributed by atoms with van der Waals surface area (Å²) in [5.41, 5.74) is 0. The van der Waals surface area contributed by atoms with Gasteiger partial charge >= 0.3 is 0 Å². The number of hydrogen-bond acceptors (Lipinski definition) is 3. The molecule has 0 amide bonds. The molecule has 20 heavy (non-hydrogen) atoms. The van der Waals surface area contributed by atoms with E-state index in [1.165, 1.54) is 65.0 Å². The molecule has 0 N–H and O–H groups in total. The Morgan fingerprint density at radius 1 is 0.900 bits per heavy atom. The first-order chi connectivity index (χ1) is 9.67. The minimum Gasteiger partial charge on any atom is -0.306 e. The van der Waals surface area contributed by atoms with E-state index in [1.54, 1.807) is 0 Å². The molecule has 2 bridgehead atoms. The Kier molecular flexibility index (Phi) is 6.31. The minimum atomic E-state index is 0.885. The maximum absolute atomic E-state index is 2.80. The van der Waals surface area contributed by atoms with Crippen molar-refractivity contribution in [1.82, 2.24) is 14.7 Å². The number of hydrogen-bond donors (Lipinski definition) is 0. The molecule has 118 valence electrons. The van der Waals surface area contributed by atoms with Crippen LogP contribution in [0.5, 0.6) is 0 Å². The maximum Gasteiger partial charge on any atom is 0.0239 e. The molecule has 3 fully saturated rings. The number of likely N-dealkylation sites (N-methyl/N-ethyl adjacent to an activating group) is 1. The van der Waals surface area contributed by atoms with Crippen LogP contribution in [0.4, 0.5) is 0 Å². The summed E-state index contributed by atoms with van der Waals surface area (Å²) >= 11 is 0. The van der Waals surface area contributed by atoms with Gasteiger partial charge in [0.1, 0.15) is 0 Å². The largest absolute Gasteiger partial charge is 0.306 e. The van der Waals surface area contributed by atoms with Crippen molar-refractivity contribution >= 4 is 0 Å². The molecule has 0 aromatic rings. The van der Waals surface area contributed by atoms with Gasteiger partial charge in [-0.3, -0.25) is 9.80 Å². The van der Waals surface area contributed by atoms with Crippen LogP contribution in [0.3, 0.4) is 0 Å². The Hall–Kier alpha value is -0.120. The van der Waals surface area contributed by atoms with Crippen LogP contribution in [0.1, 0.15) is 46.5 Å². The lowest BCUT2D eigenvalue weighted by atomic mass is 9.96. The lowest BCUT2D eigenvalue weighted by Crippen LogP contribution is -2.48. The molecule has 0 aromatic heterocycles. The first-order valence-corrected chi connectivity index (χ1v) is 8.84. The van der Waals surface area contributed by atoms with Crippen LogP contribution in [0, 0.1) is 5.92 Å². The first kappa shape index (κ1) is 16.3. The highest BCUT2D eigenvalue weighted by Gasteiger charge is 2.42. The molecule has 3 rings (SSSR count). The molecule has 3 aliphatic heterocycles. The van der Waals surface area contributed by atoms with E-state index in [0.29, 0.717) is 0 Å². The van der Waals surface area contributed by atoms with Crippen LogP contribution >= 0.6 is 0 Å². The Balaban J connectivity index is 0.000000452. The van der Waals surface area contributed by atoms with Crippen molar-refractivity contribution in [2.75, 3.05) is 46.3 Å². The molecule has 0 spiro atoms. The highest BCUT2D eigenvalue weighted by molar-refractivity contribution is 4.99. The second-order valence-electron chi connectivity index (χ2n) is 7.04. The average Bonchev–Trinajstić information content (AvgIpc) is 3.01. The molecular weight excluding hydrogens is 246 g/mol. The molecule has 3 heteroatoms. The lowest BCUT2D eigenvalue weighted by molar-refractivity contribution is 0.0993. The van der Waals surface area contributed by atoms with Crippen molar-refractivity contribution in [3.63, 3.8) is 0 Å². The minimum absolute atomic E-state index is 0.885. The molecule has 0 radical (unpaired) electrons. The fraction of sp³-hybridized carbons (Fsp3) is 1.00. The third-order valence-corrected chi connectivity index (χ3v) is 5.20. The summed E-state index contributed by atoms with van der Waals surface area (Å²) < 4.78 is 0. The van der Waals surface area contributed by atoms with E-state index in [0.717, 1.165) is 18.0 Å². The zero-order chi connectivity index (χ0) is 14.5. The van der Waals surface area contributed by atoms with E-state index < -0.39 is 0 Å². The number of nitrogens with zero attached hydrogens (tertiary/aromatic N) is 3. The Labute approximate surface area is 126 Å². The van der Waals surface area contributed by atoms with Crippen molar-refractivity contribution in [3.8, 4) is 0 Å². The fourth-order valence-corrected chi connectivity index (χ4v) is 4.02. The van der Waals surface area contributed by atoms with Crippen LogP contribution in [-0.4, -0.2) is 73.1 Å². The van der Waals surface area contributed by atoms with Gasteiger partial charge < -0.3 is 4.90 Å². The van der Waals surface area contributed by atoms with Crippen LogP contribution < -0.4 is 0 Å². The van der Waals surface area contributed by atoms with Crippen molar-refractivity contribution < 1.29 is 0 Å². The van der Waals surface area contributed by atoms with Gasteiger partial charge in [0, 0.05) is 31.7 Å². The Bertz CT molecular complexity index is 273. The summed E-state index contributed by atoms with van der Waals surface area (Å²) in [5, 5.41) is 0. The third kappa shape index (κ3) is 3.96. The number of piperidine rings is 1. The SMILES string of the molecule is CCC.CCN1CC2CC1CN2CC1CCN(C)CC1. The van der Waals surface area contributed by atoms with E-state index in [9.17, 15) is 0 Å².